The summed E-state index contributed by atoms with van der Waals surface area (Å²) < 4.78 is 27.2. The number of aliphatic carboxylic acids is 1. The van der Waals surface area contributed by atoms with Crippen LogP contribution in [0.2, 0.25) is 0 Å². The number of aliphatic hydroxyl groups is 1. The Labute approximate surface area is 139 Å². The average Bonchev–Trinajstić information content (AvgIpc) is 2.53. The zero-order valence-corrected chi connectivity index (χ0v) is 13.9. The van der Waals surface area contributed by atoms with Gasteiger partial charge in [-0.3, -0.25) is 9.78 Å². The van der Waals surface area contributed by atoms with E-state index in [2.05, 4.69) is 4.98 Å². The lowest BCUT2D eigenvalue weighted by atomic mass is 9.96. The van der Waals surface area contributed by atoms with Crippen molar-refractivity contribution in [1.29, 1.82) is 0 Å². The van der Waals surface area contributed by atoms with Gasteiger partial charge in [0.1, 0.15) is 4.90 Å². The Bertz CT molecular complexity index is 896. The summed E-state index contributed by atoms with van der Waals surface area (Å²) in [6, 6.07) is 6.91. The molecule has 0 amide bonds. The average molecular weight is 350 g/mol. The number of benzene rings is 1. The number of aliphatic hydroxyl groups excluding tert-OH is 1. The second-order valence-electron chi connectivity index (χ2n) is 6.00. The first-order chi connectivity index (χ1) is 11.3. The third-order valence-electron chi connectivity index (χ3n) is 4.29. The van der Waals surface area contributed by atoms with E-state index in [4.69, 9.17) is 0 Å². The summed E-state index contributed by atoms with van der Waals surface area (Å²) in [5.41, 5.74) is 1.14. The summed E-state index contributed by atoms with van der Waals surface area (Å²) in [4.78, 5) is 15.5. The molecule has 7 nitrogen and oxygen atoms in total. The van der Waals surface area contributed by atoms with Gasteiger partial charge >= 0.3 is 5.97 Å². The largest absolute Gasteiger partial charge is 0.481 e. The van der Waals surface area contributed by atoms with Gasteiger partial charge < -0.3 is 10.2 Å². The van der Waals surface area contributed by atoms with Crippen molar-refractivity contribution in [1.82, 2.24) is 9.29 Å². The molecular weight excluding hydrogens is 332 g/mol. The first kappa shape index (κ1) is 16.8. The number of nitrogens with zero attached hydrogens (tertiary/aromatic N) is 2. The maximum atomic E-state index is 13.0. The van der Waals surface area contributed by atoms with E-state index in [0.717, 1.165) is 9.87 Å². The molecule has 1 aromatic carbocycles. The fraction of sp³-hybridized carbons (Fsp3) is 0.375. The van der Waals surface area contributed by atoms with Crippen LogP contribution in [-0.2, 0) is 14.8 Å². The second-order valence-corrected chi connectivity index (χ2v) is 7.91. The molecule has 128 valence electrons. The molecule has 2 aromatic rings. The van der Waals surface area contributed by atoms with E-state index >= 15 is 0 Å². The molecule has 0 bridgehead atoms. The summed E-state index contributed by atoms with van der Waals surface area (Å²) in [5.74, 6) is -2.33. The van der Waals surface area contributed by atoms with Crippen LogP contribution in [0.25, 0.3) is 10.9 Å². The normalized spacial score (nSPS) is 22.6. The number of carboxylic acid groups (broad SMARTS) is 1. The predicted molar refractivity (Wildman–Crippen MR) is 87.0 cm³/mol. The maximum absolute atomic E-state index is 13.0. The Kier molecular flexibility index (Phi) is 4.29. The molecule has 2 N–H and O–H groups in total. The number of pyridine rings is 1. The number of piperidine rings is 1. The Morgan fingerprint density at radius 2 is 2.12 bits per heavy atom. The molecule has 1 saturated heterocycles. The van der Waals surface area contributed by atoms with Gasteiger partial charge in [-0.25, -0.2) is 8.42 Å². The molecular formula is C16H18N2O5S. The van der Waals surface area contributed by atoms with Crippen LogP contribution >= 0.6 is 0 Å². The molecule has 0 spiro atoms. The van der Waals surface area contributed by atoms with Crippen molar-refractivity contribution in [2.75, 3.05) is 13.1 Å². The van der Waals surface area contributed by atoms with Crippen molar-refractivity contribution in [2.45, 2.75) is 24.3 Å². The fourth-order valence-corrected chi connectivity index (χ4v) is 4.74. The molecule has 24 heavy (non-hydrogen) atoms. The third-order valence-corrected chi connectivity index (χ3v) is 6.17. The van der Waals surface area contributed by atoms with Gasteiger partial charge in [0.2, 0.25) is 10.0 Å². The monoisotopic (exact) mass is 350 g/mol. The zero-order chi connectivity index (χ0) is 17.5. The highest BCUT2D eigenvalue weighted by molar-refractivity contribution is 7.89. The van der Waals surface area contributed by atoms with E-state index in [0.29, 0.717) is 10.9 Å². The molecule has 0 aliphatic carbocycles. The van der Waals surface area contributed by atoms with Gasteiger partial charge in [0, 0.05) is 24.7 Å². The van der Waals surface area contributed by atoms with Crippen LogP contribution in [0.3, 0.4) is 0 Å². The highest BCUT2D eigenvalue weighted by atomic mass is 32.2. The van der Waals surface area contributed by atoms with Crippen molar-refractivity contribution in [2.24, 2.45) is 5.92 Å². The van der Waals surface area contributed by atoms with Crippen molar-refractivity contribution in [3.8, 4) is 0 Å². The second kappa shape index (κ2) is 6.12. The lowest BCUT2D eigenvalue weighted by Gasteiger charge is -2.33. The number of carboxylic acids is 1. The van der Waals surface area contributed by atoms with Crippen LogP contribution in [0, 0.1) is 12.8 Å². The highest BCUT2D eigenvalue weighted by Gasteiger charge is 2.39. The number of rotatable bonds is 3. The number of aromatic nitrogens is 1. The van der Waals surface area contributed by atoms with Crippen molar-refractivity contribution in [3.05, 3.63) is 36.0 Å². The Morgan fingerprint density at radius 3 is 2.83 bits per heavy atom. The molecule has 0 radical (unpaired) electrons. The smallest absolute Gasteiger partial charge is 0.310 e. The molecule has 1 fully saturated rings. The lowest BCUT2D eigenvalue weighted by molar-refractivity contribution is -0.147. The number of sulfonamides is 1. The summed E-state index contributed by atoms with van der Waals surface area (Å²) in [5, 5.41) is 19.7. The van der Waals surface area contributed by atoms with Gasteiger partial charge in [0.05, 0.1) is 17.5 Å². The number of hydrogen-bond acceptors (Lipinski definition) is 5. The molecule has 3 rings (SSSR count). The van der Waals surface area contributed by atoms with Crippen LogP contribution in [0.4, 0.5) is 0 Å². The SMILES string of the molecule is Cc1cc(S(=O)(=O)N2CC[C@@H](O)[C@@H](C(=O)O)C2)c2ncccc2c1. The van der Waals surface area contributed by atoms with Gasteiger partial charge in [-0.15, -0.1) is 0 Å². The Hall–Kier alpha value is -2.03. The minimum Gasteiger partial charge on any atom is -0.481 e. The Morgan fingerprint density at radius 1 is 1.38 bits per heavy atom. The number of hydrogen-bond donors (Lipinski definition) is 2. The van der Waals surface area contributed by atoms with Crippen LogP contribution in [-0.4, -0.2) is 53.1 Å². The molecule has 8 heteroatoms. The summed E-state index contributed by atoms with van der Waals surface area (Å²) in [6.07, 6.45) is 0.575. The molecule has 0 unspecified atom stereocenters. The fourth-order valence-electron chi connectivity index (χ4n) is 3.01. The van der Waals surface area contributed by atoms with E-state index < -0.39 is 28.0 Å². The van der Waals surface area contributed by atoms with E-state index in [1.54, 1.807) is 25.1 Å². The van der Waals surface area contributed by atoms with Gasteiger partial charge in [0.25, 0.3) is 0 Å². The van der Waals surface area contributed by atoms with Gasteiger partial charge in [0.15, 0.2) is 0 Å². The standard InChI is InChI=1S/C16H18N2O5S/c1-10-7-11-3-2-5-17-15(11)14(8-10)24(22,23)18-6-4-13(19)12(9-18)16(20)21/h2-3,5,7-8,12-13,19H,4,6,9H2,1H3,(H,20,21)/t12-,13+/m0/s1. The molecule has 1 aromatic heterocycles. The molecule has 1 aliphatic rings. The summed E-state index contributed by atoms with van der Waals surface area (Å²) >= 11 is 0. The Balaban J connectivity index is 2.07. The van der Waals surface area contributed by atoms with E-state index in [1.807, 2.05) is 6.07 Å². The van der Waals surface area contributed by atoms with Gasteiger partial charge in [-0.1, -0.05) is 6.07 Å². The first-order valence-electron chi connectivity index (χ1n) is 7.57. The predicted octanol–water partition coefficient (Wildman–Crippen LogP) is 0.999. The van der Waals surface area contributed by atoms with Gasteiger partial charge in [-0.05, 0) is 37.1 Å². The molecule has 1 aliphatic heterocycles. The quantitative estimate of drug-likeness (QED) is 0.855. The highest BCUT2D eigenvalue weighted by Crippen LogP contribution is 2.29. The van der Waals surface area contributed by atoms with E-state index in [1.165, 1.54) is 6.20 Å². The molecule has 2 heterocycles. The third kappa shape index (κ3) is 2.88. The van der Waals surface area contributed by atoms with Crippen LogP contribution in [0.15, 0.2) is 35.4 Å². The van der Waals surface area contributed by atoms with Crippen molar-refractivity contribution < 1.29 is 23.4 Å². The molecule has 2 atom stereocenters. The lowest BCUT2D eigenvalue weighted by Crippen LogP contribution is -2.48. The maximum Gasteiger partial charge on any atom is 0.310 e. The minimum absolute atomic E-state index is 0.0682. The first-order valence-corrected chi connectivity index (χ1v) is 9.01. The topological polar surface area (TPSA) is 108 Å². The molecule has 0 saturated carbocycles. The number of fused-ring (bicyclic) bond motifs is 1. The van der Waals surface area contributed by atoms with E-state index in [-0.39, 0.29) is 24.4 Å². The van der Waals surface area contributed by atoms with E-state index in [9.17, 15) is 23.4 Å². The van der Waals surface area contributed by atoms with Crippen molar-refractivity contribution in [3.63, 3.8) is 0 Å². The summed E-state index contributed by atoms with van der Waals surface area (Å²) in [7, 11) is -3.90. The van der Waals surface area contributed by atoms with Crippen LogP contribution in [0.1, 0.15) is 12.0 Å². The van der Waals surface area contributed by atoms with Gasteiger partial charge in [-0.2, -0.15) is 4.31 Å². The number of aryl methyl sites for hydroxylation is 1. The summed E-state index contributed by atoms with van der Waals surface area (Å²) in [6.45, 7) is 1.63. The minimum atomic E-state index is -3.90. The van der Waals surface area contributed by atoms with Crippen molar-refractivity contribution >= 4 is 26.9 Å². The van der Waals surface area contributed by atoms with Crippen LogP contribution < -0.4 is 0 Å². The zero-order valence-electron chi connectivity index (χ0n) is 13.1. The number of carbonyl (C=O) groups is 1. The van der Waals surface area contributed by atoms with Crippen LogP contribution in [0.5, 0.6) is 0 Å².